The van der Waals surface area contributed by atoms with Gasteiger partial charge in [0.2, 0.25) is 0 Å². The number of allylic oxidation sites excluding steroid dienone is 2. The van der Waals surface area contributed by atoms with E-state index >= 15 is 0 Å². The molecule has 0 aliphatic rings. The Morgan fingerprint density at radius 2 is 1.83 bits per heavy atom. The monoisotopic (exact) mass is 270 g/mol. The molecule has 1 N–H and O–H groups in total. The molecular formula is C15H30O2Si. The van der Waals surface area contributed by atoms with Crippen molar-refractivity contribution in [2.75, 3.05) is 13.2 Å². The predicted octanol–water partition coefficient (Wildman–Crippen LogP) is 4.28. The van der Waals surface area contributed by atoms with Crippen LogP contribution in [0.1, 0.15) is 40.5 Å². The molecule has 0 amide bonds. The van der Waals surface area contributed by atoms with Gasteiger partial charge in [-0.25, -0.2) is 0 Å². The Bertz CT molecular complexity index is 285. The Morgan fingerprint density at radius 1 is 1.22 bits per heavy atom. The Labute approximate surface area is 114 Å². The molecule has 0 aromatic rings. The van der Waals surface area contributed by atoms with E-state index in [1.807, 2.05) is 13.0 Å². The third-order valence-corrected chi connectivity index (χ3v) is 8.11. The second-order valence-corrected chi connectivity index (χ2v) is 11.1. The zero-order valence-electron chi connectivity index (χ0n) is 12.9. The fourth-order valence-electron chi connectivity index (χ4n) is 1.15. The van der Waals surface area contributed by atoms with E-state index in [0.717, 1.165) is 25.0 Å². The third-order valence-electron chi connectivity index (χ3n) is 3.57. The van der Waals surface area contributed by atoms with Crippen LogP contribution in [0.2, 0.25) is 18.1 Å². The lowest BCUT2D eigenvalue weighted by Crippen LogP contribution is -2.40. The first-order valence-electron chi connectivity index (χ1n) is 6.76. The standard InChI is InChI=1S/C15H30O2Si/c1-14(13-16)11-9-7-8-10-12-17-18(5,6)15(2,3)4/h7-8,11,16H,9-10,12-13H2,1-6H3/b8-7+,14-11+. The average molecular weight is 270 g/mol. The van der Waals surface area contributed by atoms with E-state index in [4.69, 9.17) is 9.53 Å². The average Bonchev–Trinajstić information content (AvgIpc) is 2.25. The lowest BCUT2D eigenvalue weighted by atomic mass is 10.2. The van der Waals surface area contributed by atoms with Gasteiger partial charge in [-0.05, 0) is 37.9 Å². The minimum absolute atomic E-state index is 0.155. The van der Waals surface area contributed by atoms with Crippen molar-refractivity contribution in [1.82, 2.24) is 0 Å². The normalized spacial score (nSPS) is 14.5. The van der Waals surface area contributed by atoms with Crippen LogP contribution in [0.25, 0.3) is 0 Å². The Balaban J connectivity index is 3.84. The third kappa shape index (κ3) is 7.14. The molecule has 0 atom stereocenters. The summed E-state index contributed by atoms with van der Waals surface area (Å²) in [6.45, 7) is 14.3. The van der Waals surface area contributed by atoms with Crippen LogP contribution in [0.15, 0.2) is 23.8 Å². The van der Waals surface area contributed by atoms with Gasteiger partial charge in [0, 0.05) is 6.61 Å². The molecule has 18 heavy (non-hydrogen) atoms. The van der Waals surface area contributed by atoms with Gasteiger partial charge in [-0.2, -0.15) is 0 Å². The minimum atomic E-state index is -1.58. The molecular weight excluding hydrogens is 240 g/mol. The topological polar surface area (TPSA) is 29.5 Å². The first-order chi connectivity index (χ1) is 8.20. The lowest BCUT2D eigenvalue weighted by molar-refractivity contribution is 0.294. The highest BCUT2D eigenvalue weighted by atomic mass is 28.4. The summed E-state index contributed by atoms with van der Waals surface area (Å²) < 4.78 is 6.07. The smallest absolute Gasteiger partial charge is 0.191 e. The maximum absolute atomic E-state index is 8.83. The van der Waals surface area contributed by atoms with E-state index < -0.39 is 8.32 Å². The summed E-state index contributed by atoms with van der Waals surface area (Å²) in [5.41, 5.74) is 1.03. The van der Waals surface area contributed by atoms with Crippen LogP contribution in [-0.2, 0) is 4.43 Å². The van der Waals surface area contributed by atoms with Gasteiger partial charge in [0.05, 0.1) is 6.61 Å². The highest BCUT2D eigenvalue weighted by molar-refractivity contribution is 6.74. The van der Waals surface area contributed by atoms with Crippen LogP contribution in [0.5, 0.6) is 0 Å². The summed E-state index contributed by atoms with van der Waals surface area (Å²) in [6, 6.07) is 0. The highest BCUT2D eigenvalue weighted by Crippen LogP contribution is 2.36. The van der Waals surface area contributed by atoms with E-state index in [9.17, 15) is 0 Å². The Kier molecular flexibility index (Phi) is 7.75. The van der Waals surface area contributed by atoms with E-state index in [-0.39, 0.29) is 11.6 Å². The molecule has 0 saturated carbocycles. The molecule has 0 heterocycles. The summed E-state index contributed by atoms with van der Waals surface area (Å²) in [6.07, 6.45) is 8.21. The summed E-state index contributed by atoms with van der Waals surface area (Å²) in [7, 11) is -1.58. The van der Waals surface area contributed by atoms with Crippen LogP contribution in [0.3, 0.4) is 0 Å². The van der Waals surface area contributed by atoms with Crippen molar-refractivity contribution in [3.63, 3.8) is 0 Å². The highest BCUT2D eigenvalue weighted by Gasteiger charge is 2.36. The first kappa shape index (κ1) is 17.6. The SMILES string of the molecule is C/C(=C\C/C=C/CCO[Si](C)(C)C(C)(C)C)CO. The van der Waals surface area contributed by atoms with Gasteiger partial charge in [-0.1, -0.05) is 44.6 Å². The van der Waals surface area contributed by atoms with Gasteiger partial charge in [0.25, 0.3) is 0 Å². The second kappa shape index (κ2) is 7.92. The van der Waals surface area contributed by atoms with Gasteiger partial charge in [-0.15, -0.1) is 0 Å². The predicted molar refractivity (Wildman–Crippen MR) is 82.4 cm³/mol. The van der Waals surface area contributed by atoms with E-state index in [0.29, 0.717) is 0 Å². The number of hydrogen-bond acceptors (Lipinski definition) is 2. The molecule has 0 aliphatic carbocycles. The molecule has 0 radical (unpaired) electrons. The summed E-state index contributed by atoms with van der Waals surface area (Å²) in [5, 5.41) is 9.12. The maximum Gasteiger partial charge on any atom is 0.191 e. The van der Waals surface area contributed by atoms with Crippen molar-refractivity contribution < 1.29 is 9.53 Å². The quantitative estimate of drug-likeness (QED) is 0.425. The van der Waals surface area contributed by atoms with Gasteiger partial charge in [-0.3, -0.25) is 0 Å². The minimum Gasteiger partial charge on any atom is -0.417 e. The molecule has 0 aromatic heterocycles. The van der Waals surface area contributed by atoms with E-state index in [2.05, 4.69) is 46.0 Å². The Hall–Kier alpha value is -0.383. The van der Waals surface area contributed by atoms with Crippen molar-refractivity contribution in [1.29, 1.82) is 0 Å². The Morgan fingerprint density at radius 3 is 2.33 bits per heavy atom. The van der Waals surface area contributed by atoms with Gasteiger partial charge >= 0.3 is 0 Å². The van der Waals surface area contributed by atoms with Gasteiger partial charge in [0.15, 0.2) is 8.32 Å². The van der Waals surface area contributed by atoms with E-state index in [1.165, 1.54) is 0 Å². The van der Waals surface area contributed by atoms with Crippen molar-refractivity contribution in [3.05, 3.63) is 23.8 Å². The molecule has 0 bridgehead atoms. The van der Waals surface area contributed by atoms with Gasteiger partial charge < -0.3 is 9.53 Å². The molecule has 106 valence electrons. The zero-order chi connectivity index (χ0) is 14.2. The summed E-state index contributed by atoms with van der Waals surface area (Å²) in [5.74, 6) is 0. The van der Waals surface area contributed by atoms with Crippen molar-refractivity contribution in [2.45, 2.75) is 58.7 Å². The molecule has 2 nitrogen and oxygen atoms in total. The second-order valence-electron chi connectivity index (χ2n) is 6.31. The van der Waals surface area contributed by atoms with Crippen LogP contribution in [0, 0.1) is 0 Å². The van der Waals surface area contributed by atoms with Crippen molar-refractivity contribution in [3.8, 4) is 0 Å². The zero-order valence-corrected chi connectivity index (χ0v) is 13.9. The number of aliphatic hydroxyl groups excluding tert-OH is 1. The largest absolute Gasteiger partial charge is 0.417 e. The molecule has 0 aromatic carbocycles. The van der Waals surface area contributed by atoms with Crippen molar-refractivity contribution in [2.24, 2.45) is 0 Å². The van der Waals surface area contributed by atoms with Crippen LogP contribution in [-0.4, -0.2) is 26.6 Å². The van der Waals surface area contributed by atoms with Gasteiger partial charge in [0.1, 0.15) is 0 Å². The maximum atomic E-state index is 8.83. The van der Waals surface area contributed by atoms with E-state index in [1.54, 1.807) is 0 Å². The molecule has 0 unspecified atom stereocenters. The molecule has 3 heteroatoms. The number of rotatable bonds is 7. The number of aliphatic hydroxyl groups is 1. The summed E-state index contributed by atoms with van der Waals surface area (Å²) in [4.78, 5) is 0. The number of hydrogen-bond donors (Lipinski definition) is 1. The lowest BCUT2D eigenvalue weighted by Gasteiger charge is -2.36. The van der Waals surface area contributed by atoms with Crippen LogP contribution in [0.4, 0.5) is 0 Å². The molecule has 0 saturated heterocycles. The van der Waals surface area contributed by atoms with Crippen LogP contribution >= 0.6 is 0 Å². The van der Waals surface area contributed by atoms with Crippen LogP contribution < -0.4 is 0 Å². The summed E-state index contributed by atoms with van der Waals surface area (Å²) >= 11 is 0. The molecule has 0 aliphatic heterocycles. The molecule has 0 rings (SSSR count). The molecule has 0 spiro atoms. The van der Waals surface area contributed by atoms with Crippen molar-refractivity contribution >= 4 is 8.32 Å². The fraction of sp³-hybridized carbons (Fsp3) is 0.733. The first-order valence-corrected chi connectivity index (χ1v) is 9.67. The molecule has 0 fully saturated rings. The fourth-order valence-corrected chi connectivity index (χ4v) is 2.21.